The number of aliphatic imine (C=N–C) groups is 1. The lowest BCUT2D eigenvalue weighted by atomic mass is 9.95. The van der Waals surface area contributed by atoms with E-state index in [1.54, 1.807) is 36.5 Å². The van der Waals surface area contributed by atoms with Gasteiger partial charge in [0.2, 0.25) is 5.95 Å². The SMILES string of the molecule is C.CCOc1ccccc1N1CCN(C(=O)c2ccc(Nc3ncc4c(n3)-c3ccc(Cl)cc3C(c3c(F)cccc3F)=NC4)cc2)CC1. The number of aromatic nitrogens is 2. The molecular weight excluding hydrogens is 646 g/mol. The first-order chi connectivity index (χ1) is 23.4. The van der Waals surface area contributed by atoms with Gasteiger partial charge in [-0.3, -0.25) is 9.79 Å². The maximum absolute atomic E-state index is 14.9. The number of fused-ring (bicyclic) bond motifs is 3. The zero-order valence-electron chi connectivity index (χ0n) is 26.1. The fourth-order valence-corrected chi connectivity index (χ4v) is 6.25. The van der Waals surface area contributed by atoms with Crippen molar-refractivity contribution in [1.82, 2.24) is 14.9 Å². The van der Waals surface area contributed by atoms with E-state index in [4.69, 9.17) is 21.3 Å². The second-order valence-electron chi connectivity index (χ2n) is 11.4. The molecule has 7 rings (SSSR count). The van der Waals surface area contributed by atoms with Crippen LogP contribution in [0.3, 0.4) is 0 Å². The molecule has 2 aliphatic heterocycles. The van der Waals surface area contributed by atoms with Crippen molar-refractivity contribution < 1.29 is 18.3 Å². The summed E-state index contributed by atoms with van der Waals surface area (Å²) in [5.74, 6) is -0.292. The molecule has 4 aromatic carbocycles. The molecule has 3 heterocycles. The predicted molar refractivity (Wildman–Crippen MR) is 190 cm³/mol. The Hall–Kier alpha value is -5.35. The summed E-state index contributed by atoms with van der Waals surface area (Å²) >= 11 is 6.34. The zero-order valence-corrected chi connectivity index (χ0v) is 26.8. The number of nitrogens with zero attached hydrogens (tertiary/aromatic N) is 5. The Morgan fingerprint density at radius 2 is 1.65 bits per heavy atom. The quantitative estimate of drug-likeness (QED) is 0.187. The van der Waals surface area contributed by atoms with Crippen LogP contribution in [0.5, 0.6) is 5.75 Å². The third-order valence-electron chi connectivity index (χ3n) is 8.42. The highest BCUT2D eigenvalue weighted by molar-refractivity contribution is 6.31. The van der Waals surface area contributed by atoms with Gasteiger partial charge < -0.3 is 19.9 Å². The molecule has 49 heavy (non-hydrogen) atoms. The zero-order chi connectivity index (χ0) is 33.2. The number of halogens is 3. The van der Waals surface area contributed by atoms with E-state index < -0.39 is 11.6 Å². The van der Waals surface area contributed by atoms with Crippen LogP contribution in [-0.2, 0) is 6.54 Å². The van der Waals surface area contributed by atoms with E-state index in [2.05, 4.69) is 20.2 Å². The van der Waals surface area contributed by atoms with Gasteiger partial charge in [0.1, 0.15) is 17.4 Å². The number of benzene rings is 4. The standard InChI is InChI=1S/C37H31ClF2N6O2.CH4/c1-2-48-32-9-4-3-8-31(32)45-16-18-46(19-17-45)36(47)23-10-13-26(14-11-23)43-37-42-22-24-21-41-35(33-29(39)6-5-7-30(33)40)28-20-25(38)12-15-27(28)34(24)44-37;/h3-15,20,22H,2,16-19,21H2,1H3,(H,42,43,44);1H4. The van der Waals surface area contributed by atoms with Gasteiger partial charge in [-0.05, 0) is 67.6 Å². The van der Waals surface area contributed by atoms with Crippen molar-refractivity contribution in [1.29, 1.82) is 0 Å². The lowest BCUT2D eigenvalue weighted by Gasteiger charge is -2.36. The molecule has 1 fully saturated rings. The fourth-order valence-electron chi connectivity index (χ4n) is 6.08. The molecular formula is C38H35ClF2N6O2. The van der Waals surface area contributed by atoms with E-state index in [0.717, 1.165) is 11.4 Å². The summed E-state index contributed by atoms with van der Waals surface area (Å²) in [5, 5.41) is 3.61. The number of hydrogen-bond acceptors (Lipinski definition) is 7. The van der Waals surface area contributed by atoms with Crippen molar-refractivity contribution in [2.24, 2.45) is 4.99 Å². The normalized spacial score (nSPS) is 13.8. The van der Waals surface area contributed by atoms with Crippen molar-refractivity contribution >= 4 is 40.5 Å². The molecule has 0 saturated carbocycles. The summed E-state index contributed by atoms with van der Waals surface area (Å²) in [5.41, 5.74) is 4.62. The van der Waals surface area contributed by atoms with Crippen LogP contribution in [0.1, 0.15) is 41.4 Å². The lowest BCUT2D eigenvalue weighted by Crippen LogP contribution is -2.48. The molecule has 11 heteroatoms. The average Bonchev–Trinajstić information content (AvgIpc) is 3.25. The third kappa shape index (κ3) is 6.82. The maximum Gasteiger partial charge on any atom is 0.253 e. The van der Waals surface area contributed by atoms with E-state index in [1.807, 2.05) is 48.2 Å². The second kappa shape index (κ2) is 14.4. The van der Waals surface area contributed by atoms with Crippen molar-refractivity contribution in [3.8, 4) is 17.0 Å². The first-order valence-electron chi connectivity index (χ1n) is 15.7. The van der Waals surface area contributed by atoms with Crippen LogP contribution in [0.4, 0.5) is 26.1 Å². The third-order valence-corrected chi connectivity index (χ3v) is 8.66. The Morgan fingerprint density at radius 3 is 2.39 bits per heavy atom. The number of para-hydroxylation sites is 2. The summed E-state index contributed by atoms with van der Waals surface area (Å²) in [6.07, 6.45) is 1.65. The Morgan fingerprint density at radius 1 is 0.918 bits per heavy atom. The molecule has 0 aliphatic carbocycles. The first-order valence-corrected chi connectivity index (χ1v) is 16.1. The molecule has 2 aliphatic rings. The molecule has 250 valence electrons. The van der Waals surface area contributed by atoms with Crippen LogP contribution in [0.25, 0.3) is 11.3 Å². The minimum Gasteiger partial charge on any atom is -0.492 e. The number of anilines is 3. The number of nitrogens with one attached hydrogen (secondary N) is 1. The highest BCUT2D eigenvalue weighted by Gasteiger charge is 2.26. The number of rotatable bonds is 7. The minimum absolute atomic E-state index is 0. The predicted octanol–water partition coefficient (Wildman–Crippen LogP) is 8.17. The Kier molecular flexibility index (Phi) is 9.87. The molecule has 8 nitrogen and oxygen atoms in total. The number of carbonyl (C=O) groups excluding carboxylic acids is 1. The average molecular weight is 681 g/mol. The fraction of sp³-hybridized carbons (Fsp3) is 0.211. The topological polar surface area (TPSA) is 83.0 Å². The van der Waals surface area contributed by atoms with Crippen LogP contribution >= 0.6 is 11.6 Å². The Labute approximate surface area is 289 Å². The summed E-state index contributed by atoms with van der Waals surface area (Å²) in [7, 11) is 0. The van der Waals surface area contributed by atoms with E-state index in [9.17, 15) is 13.6 Å². The van der Waals surface area contributed by atoms with Crippen LogP contribution in [0.2, 0.25) is 5.02 Å². The van der Waals surface area contributed by atoms with Crippen LogP contribution in [0, 0.1) is 11.6 Å². The van der Waals surface area contributed by atoms with Gasteiger partial charge in [0.25, 0.3) is 5.91 Å². The van der Waals surface area contributed by atoms with E-state index in [1.165, 1.54) is 18.2 Å². The van der Waals surface area contributed by atoms with Crippen molar-refractivity contribution in [2.75, 3.05) is 43.0 Å². The van der Waals surface area contributed by atoms with Gasteiger partial charge in [-0.25, -0.2) is 18.7 Å². The monoisotopic (exact) mass is 680 g/mol. The summed E-state index contributed by atoms with van der Waals surface area (Å²) in [6, 6.07) is 24.0. The first kappa shape index (κ1) is 33.5. The van der Waals surface area contributed by atoms with Gasteiger partial charge in [-0.15, -0.1) is 0 Å². The number of ether oxygens (including phenoxy) is 1. The van der Waals surface area contributed by atoms with Crippen LogP contribution in [0.15, 0.2) is 96.1 Å². The molecule has 1 saturated heterocycles. The summed E-state index contributed by atoms with van der Waals surface area (Å²) < 4.78 is 35.6. The Balaban J connectivity index is 0.00000417. The van der Waals surface area contributed by atoms with Crippen molar-refractivity contribution in [3.63, 3.8) is 0 Å². The molecule has 1 amide bonds. The van der Waals surface area contributed by atoms with Gasteiger partial charge in [0.15, 0.2) is 0 Å². The molecule has 1 aromatic heterocycles. The van der Waals surface area contributed by atoms with E-state index in [0.29, 0.717) is 77.4 Å². The molecule has 0 spiro atoms. The molecule has 0 radical (unpaired) electrons. The molecule has 5 aromatic rings. The maximum atomic E-state index is 14.9. The molecule has 0 bridgehead atoms. The van der Waals surface area contributed by atoms with Gasteiger partial charge in [0.05, 0.1) is 35.8 Å². The highest BCUT2D eigenvalue weighted by Crippen LogP contribution is 2.35. The van der Waals surface area contributed by atoms with E-state index >= 15 is 0 Å². The lowest BCUT2D eigenvalue weighted by molar-refractivity contribution is 0.0746. The van der Waals surface area contributed by atoms with Gasteiger partial charge in [0, 0.05) is 65.3 Å². The van der Waals surface area contributed by atoms with Crippen molar-refractivity contribution in [2.45, 2.75) is 20.9 Å². The number of carbonyl (C=O) groups is 1. The smallest absolute Gasteiger partial charge is 0.253 e. The van der Waals surface area contributed by atoms with Gasteiger partial charge in [-0.2, -0.15) is 0 Å². The van der Waals surface area contributed by atoms with Crippen molar-refractivity contribution in [3.05, 3.63) is 130 Å². The largest absolute Gasteiger partial charge is 0.492 e. The summed E-state index contributed by atoms with van der Waals surface area (Å²) in [4.78, 5) is 31.3. The molecule has 0 unspecified atom stereocenters. The molecule has 0 atom stereocenters. The minimum atomic E-state index is -0.716. The van der Waals surface area contributed by atoms with Gasteiger partial charge in [-0.1, -0.05) is 43.3 Å². The number of hydrogen-bond donors (Lipinski definition) is 1. The number of amides is 1. The molecule has 1 N–H and O–H groups in total. The van der Waals surface area contributed by atoms with Gasteiger partial charge >= 0.3 is 0 Å². The second-order valence-corrected chi connectivity index (χ2v) is 11.8. The highest BCUT2D eigenvalue weighted by atomic mass is 35.5. The number of piperazine rings is 1. The van der Waals surface area contributed by atoms with Crippen LogP contribution in [-0.4, -0.2) is 59.3 Å². The summed E-state index contributed by atoms with van der Waals surface area (Å²) in [6.45, 7) is 5.31. The van der Waals surface area contributed by atoms with Crippen LogP contribution < -0.4 is 15.0 Å². The Bertz CT molecular complexity index is 2010. The van der Waals surface area contributed by atoms with E-state index in [-0.39, 0.29) is 31.2 Å².